The maximum Gasteiger partial charge on any atom is 0.124 e. The van der Waals surface area contributed by atoms with E-state index in [4.69, 9.17) is 0 Å². The van der Waals surface area contributed by atoms with Gasteiger partial charge >= 0.3 is 0 Å². The number of rotatable bonds is 1. The Labute approximate surface area is 77.0 Å². The molecule has 72 valence electrons. The van der Waals surface area contributed by atoms with Gasteiger partial charge in [0.1, 0.15) is 11.3 Å². The summed E-state index contributed by atoms with van der Waals surface area (Å²) < 4.78 is 0. The van der Waals surface area contributed by atoms with Crippen LogP contribution in [-0.2, 0) is 12.6 Å². The lowest BCUT2D eigenvalue weighted by molar-refractivity contribution is 0.0439. The van der Waals surface area contributed by atoms with E-state index < -0.39 is 5.60 Å². The molecule has 0 amide bonds. The van der Waals surface area contributed by atoms with Crippen LogP contribution in [0.1, 0.15) is 12.1 Å². The lowest BCUT2D eigenvalue weighted by Crippen LogP contribution is -2.29. The molecule has 1 fully saturated rings. The van der Waals surface area contributed by atoms with Crippen LogP contribution in [0.15, 0.2) is 6.20 Å². The number of hydrogen-bond acceptors (Lipinski definition) is 4. The van der Waals surface area contributed by atoms with Crippen molar-refractivity contribution in [1.82, 2.24) is 19.9 Å². The van der Waals surface area contributed by atoms with Gasteiger partial charge in [-0.25, -0.2) is 0 Å². The summed E-state index contributed by atoms with van der Waals surface area (Å²) in [6, 6.07) is 0. The number of likely N-dealkylation sites (tertiary alicyclic amines) is 1. The van der Waals surface area contributed by atoms with Gasteiger partial charge in [0.15, 0.2) is 0 Å². The molecule has 5 nitrogen and oxygen atoms in total. The molecule has 0 bridgehead atoms. The first-order valence-electron chi connectivity index (χ1n) is 4.38. The van der Waals surface area contributed by atoms with Crippen molar-refractivity contribution < 1.29 is 5.11 Å². The van der Waals surface area contributed by atoms with Crippen LogP contribution in [0.5, 0.6) is 0 Å². The van der Waals surface area contributed by atoms with Crippen molar-refractivity contribution in [1.29, 1.82) is 0 Å². The maximum atomic E-state index is 10.2. The molecule has 1 aliphatic heterocycles. The number of aryl methyl sites for hydroxylation is 1. The van der Waals surface area contributed by atoms with Crippen LogP contribution < -0.4 is 0 Å². The minimum absolute atomic E-state index is 0.645. The van der Waals surface area contributed by atoms with E-state index in [1.54, 1.807) is 13.2 Å². The summed E-state index contributed by atoms with van der Waals surface area (Å²) in [6.07, 6.45) is 2.38. The molecule has 1 atom stereocenters. The van der Waals surface area contributed by atoms with Gasteiger partial charge in [-0.3, -0.25) is 0 Å². The second-order valence-electron chi connectivity index (χ2n) is 3.74. The summed E-state index contributed by atoms with van der Waals surface area (Å²) in [5.41, 5.74) is -0.109. The van der Waals surface area contributed by atoms with E-state index in [9.17, 15) is 5.11 Å². The van der Waals surface area contributed by atoms with Crippen LogP contribution in [0, 0.1) is 0 Å². The molecule has 13 heavy (non-hydrogen) atoms. The normalized spacial score (nSPS) is 29.8. The summed E-state index contributed by atoms with van der Waals surface area (Å²) in [5, 5.41) is 18.3. The van der Waals surface area contributed by atoms with Gasteiger partial charge in [-0.1, -0.05) is 0 Å². The Balaban J connectivity index is 2.25. The van der Waals surface area contributed by atoms with Gasteiger partial charge in [-0.2, -0.15) is 15.0 Å². The van der Waals surface area contributed by atoms with Crippen LogP contribution in [0.4, 0.5) is 0 Å². The largest absolute Gasteiger partial charge is 0.382 e. The molecule has 1 N–H and O–H groups in total. The van der Waals surface area contributed by atoms with Crippen LogP contribution in [0.25, 0.3) is 0 Å². The SMILES string of the molecule is CN1CCC(O)(c2cnn(C)n2)C1. The predicted molar refractivity (Wildman–Crippen MR) is 47.0 cm³/mol. The molecule has 0 spiro atoms. The first kappa shape index (κ1) is 8.65. The summed E-state index contributed by atoms with van der Waals surface area (Å²) in [4.78, 5) is 3.57. The highest BCUT2D eigenvalue weighted by atomic mass is 16.3. The summed E-state index contributed by atoms with van der Waals surface area (Å²) in [5.74, 6) is 0. The standard InChI is InChI=1S/C8H14N4O/c1-11-4-3-8(13,6-11)7-5-9-12(2)10-7/h5,13H,3-4,6H2,1-2H3. The zero-order valence-electron chi connectivity index (χ0n) is 7.93. The Kier molecular flexibility index (Phi) is 1.85. The Bertz CT molecular complexity index is 311. The first-order valence-corrected chi connectivity index (χ1v) is 4.38. The van der Waals surface area contributed by atoms with Gasteiger partial charge in [0, 0.05) is 20.1 Å². The van der Waals surface area contributed by atoms with E-state index in [0.29, 0.717) is 12.2 Å². The van der Waals surface area contributed by atoms with Gasteiger partial charge < -0.3 is 10.0 Å². The Morgan fingerprint density at radius 2 is 2.31 bits per heavy atom. The lowest BCUT2D eigenvalue weighted by atomic mass is 10.0. The fourth-order valence-electron chi connectivity index (χ4n) is 1.75. The molecule has 1 unspecified atom stereocenters. The Morgan fingerprint density at radius 3 is 2.77 bits per heavy atom. The summed E-state index contributed by atoms with van der Waals surface area (Å²) >= 11 is 0. The summed E-state index contributed by atoms with van der Waals surface area (Å²) in [7, 11) is 3.75. The van der Waals surface area contributed by atoms with Crippen LogP contribution in [-0.4, -0.2) is 45.1 Å². The average molecular weight is 182 g/mol. The van der Waals surface area contributed by atoms with Crippen molar-refractivity contribution in [2.24, 2.45) is 7.05 Å². The molecule has 0 aliphatic carbocycles. The van der Waals surface area contributed by atoms with Crippen molar-refractivity contribution >= 4 is 0 Å². The quantitative estimate of drug-likeness (QED) is 0.626. The third-order valence-corrected chi connectivity index (χ3v) is 2.51. The van der Waals surface area contributed by atoms with E-state index in [1.165, 1.54) is 4.80 Å². The van der Waals surface area contributed by atoms with Crippen LogP contribution in [0.3, 0.4) is 0 Å². The fourth-order valence-corrected chi connectivity index (χ4v) is 1.75. The van der Waals surface area contributed by atoms with Gasteiger partial charge in [-0.15, -0.1) is 0 Å². The molecule has 1 saturated heterocycles. The molecule has 0 radical (unpaired) electrons. The van der Waals surface area contributed by atoms with Gasteiger partial charge in [0.2, 0.25) is 0 Å². The van der Waals surface area contributed by atoms with E-state index in [1.807, 2.05) is 7.05 Å². The summed E-state index contributed by atoms with van der Waals surface area (Å²) in [6.45, 7) is 1.55. The second kappa shape index (κ2) is 2.78. The number of nitrogens with zero attached hydrogens (tertiary/aromatic N) is 4. The zero-order valence-corrected chi connectivity index (χ0v) is 7.93. The van der Waals surface area contributed by atoms with E-state index in [2.05, 4.69) is 15.1 Å². The van der Waals surface area contributed by atoms with Crippen molar-refractivity contribution in [2.45, 2.75) is 12.0 Å². The van der Waals surface area contributed by atoms with Crippen LogP contribution in [0.2, 0.25) is 0 Å². The smallest absolute Gasteiger partial charge is 0.124 e. The van der Waals surface area contributed by atoms with Crippen LogP contribution >= 0.6 is 0 Å². The third-order valence-electron chi connectivity index (χ3n) is 2.51. The van der Waals surface area contributed by atoms with Gasteiger partial charge in [0.25, 0.3) is 0 Å². The molecular formula is C8H14N4O. The molecule has 1 aromatic rings. The van der Waals surface area contributed by atoms with Gasteiger partial charge in [-0.05, 0) is 13.5 Å². The number of aromatic nitrogens is 3. The maximum absolute atomic E-state index is 10.2. The number of β-amino-alcohol motifs (C(OH)–C–C–N with tert-alkyl or cyclic N) is 1. The number of hydrogen-bond donors (Lipinski definition) is 1. The minimum atomic E-state index is -0.789. The van der Waals surface area contributed by atoms with Crippen molar-refractivity contribution in [2.75, 3.05) is 20.1 Å². The molecule has 2 heterocycles. The number of aliphatic hydroxyl groups is 1. The lowest BCUT2D eigenvalue weighted by Gasteiger charge is -2.18. The van der Waals surface area contributed by atoms with E-state index in [0.717, 1.165) is 13.0 Å². The molecule has 0 aromatic carbocycles. The van der Waals surface area contributed by atoms with Crippen molar-refractivity contribution in [3.05, 3.63) is 11.9 Å². The Hall–Kier alpha value is -0.940. The highest BCUT2D eigenvalue weighted by Crippen LogP contribution is 2.28. The molecule has 2 rings (SSSR count). The highest BCUT2D eigenvalue weighted by molar-refractivity contribution is 5.10. The fraction of sp³-hybridized carbons (Fsp3) is 0.750. The first-order chi connectivity index (χ1) is 6.10. The Morgan fingerprint density at radius 1 is 1.54 bits per heavy atom. The van der Waals surface area contributed by atoms with Crippen molar-refractivity contribution in [3.63, 3.8) is 0 Å². The molecule has 1 aliphatic rings. The highest BCUT2D eigenvalue weighted by Gasteiger charge is 2.38. The topological polar surface area (TPSA) is 54.2 Å². The third kappa shape index (κ3) is 1.45. The zero-order chi connectivity index (χ0) is 9.47. The predicted octanol–water partition coefficient (Wildman–Crippen LogP) is -0.662. The minimum Gasteiger partial charge on any atom is -0.382 e. The monoisotopic (exact) mass is 182 g/mol. The number of likely N-dealkylation sites (N-methyl/N-ethyl adjacent to an activating group) is 1. The molecule has 5 heteroatoms. The van der Waals surface area contributed by atoms with E-state index in [-0.39, 0.29) is 0 Å². The molecule has 1 aromatic heterocycles. The van der Waals surface area contributed by atoms with E-state index >= 15 is 0 Å². The van der Waals surface area contributed by atoms with Crippen molar-refractivity contribution in [3.8, 4) is 0 Å². The molecular weight excluding hydrogens is 168 g/mol. The average Bonchev–Trinajstić information content (AvgIpc) is 2.60. The van der Waals surface area contributed by atoms with Gasteiger partial charge in [0.05, 0.1) is 6.20 Å². The second-order valence-corrected chi connectivity index (χ2v) is 3.74. The molecule has 0 saturated carbocycles.